The maximum absolute atomic E-state index is 12.2. The smallest absolute Gasteiger partial charge is 0.244 e. The highest BCUT2D eigenvalue weighted by atomic mass is 16.5. The molecule has 0 radical (unpaired) electrons. The average molecular weight is 263 g/mol. The van der Waals surface area contributed by atoms with E-state index in [4.69, 9.17) is 10.5 Å². The fourth-order valence-electron chi connectivity index (χ4n) is 2.17. The number of morpholine rings is 1. The molecule has 1 atom stereocenters. The zero-order valence-corrected chi connectivity index (χ0v) is 11.5. The highest BCUT2D eigenvalue weighted by molar-refractivity contribution is 5.85. The lowest BCUT2D eigenvalue weighted by molar-refractivity contribution is -0.135. The molecule has 1 amide bonds. The number of nitrogen functional groups attached to an aromatic ring is 1. The summed E-state index contributed by atoms with van der Waals surface area (Å²) in [4.78, 5) is 14.1. The van der Waals surface area contributed by atoms with Gasteiger partial charge in [-0.2, -0.15) is 0 Å². The standard InChI is InChI=1S/C14H21N3O2/c1-10-3-4-13(12(15)9-10)16-11(2)14(18)17-5-7-19-8-6-17/h3-4,9,11,16H,5-8,15H2,1-2H3. The molecule has 1 aliphatic heterocycles. The quantitative estimate of drug-likeness (QED) is 0.805. The number of benzene rings is 1. The Balaban J connectivity index is 1.99. The molecule has 0 aliphatic carbocycles. The van der Waals surface area contributed by atoms with Gasteiger partial charge in [-0.3, -0.25) is 4.79 Å². The molecule has 0 aromatic heterocycles. The van der Waals surface area contributed by atoms with E-state index in [1.807, 2.05) is 36.9 Å². The van der Waals surface area contributed by atoms with Crippen molar-refractivity contribution >= 4 is 17.3 Å². The Labute approximate surface area is 113 Å². The number of hydrogen-bond donors (Lipinski definition) is 2. The van der Waals surface area contributed by atoms with Gasteiger partial charge in [0, 0.05) is 13.1 Å². The molecule has 0 bridgehead atoms. The molecular formula is C14H21N3O2. The molecule has 5 heteroatoms. The van der Waals surface area contributed by atoms with Gasteiger partial charge < -0.3 is 20.7 Å². The Kier molecular flexibility index (Phi) is 4.27. The van der Waals surface area contributed by atoms with Crippen LogP contribution in [0.15, 0.2) is 18.2 Å². The van der Waals surface area contributed by atoms with Crippen LogP contribution in [0.1, 0.15) is 12.5 Å². The van der Waals surface area contributed by atoms with E-state index < -0.39 is 0 Å². The maximum atomic E-state index is 12.2. The van der Waals surface area contributed by atoms with Crippen molar-refractivity contribution < 1.29 is 9.53 Å². The van der Waals surface area contributed by atoms with Crippen molar-refractivity contribution in [2.45, 2.75) is 19.9 Å². The van der Waals surface area contributed by atoms with Crippen LogP contribution >= 0.6 is 0 Å². The number of rotatable bonds is 3. The lowest BCUT2D eigenvalue weighted by atomic mass is 10.1. The van der Waals surface area contributed by atoms with E-state index in [2.05, 4.69) is 5.32 Å². The number of hydrogen-bond acceptors (Lipinski definition) is 4. The zero-order chi connectivity index (χ0) is 13.8. The first kappa shape index (κ1) is 13.7. The van der Waals surface area contributed by atoms with Crippen LogP contribution in [-0.2, 0) is 9.53 Å². The van der Waals surface area contributed by atoms with Gasteiger partial charge in [0.25, 0.3) is 0 Å². The topological polar surface area (TPSA) is 67.6 Å². The predicted molar refractivity (Wildman–Crippen MR) is 76.1 cm³/mol. The highest BCUT2D eigenvalue weighted by Gasteiger charge is 2.22. The van der Waals surface area contributed by atoms with E-state index in [0.717, 1.165) is 11.3 Å². The first-order valence-electron chi connectivity index (χ1n) is 6.57. The predicted octanol–water partition coefficient (Wildman–Crippen LogP) is 1.24. The summed E-state index contributed by atoms with van der Waals surface area (Å²) >= 11 is 0. The second kappa shape index (κ2) is 5.93. The van der Waals surface area contributed by atoms with E-state index in [1.54, 1.807) is 0 Å². The van der Waals surface area contributed by atoms with Gasteiger partial charge in [0.15, 0.2) is 0 Å². The third-order valence-corrected chi connectivity index (χ3v) is 3.27. The zero-order valence-electron chi connectivity index (χ0n) is 11.5. The Hall–Kier alpha value is -1.75. The number of nitrogens with two attached hydrogens (primary N) is 1. The highest BCUT2D eigenvalue weighted by Crippen LogP contribution is 2.20. The number of carbonyl (C=O) groups excluding carboxylic acids is 1. The summed E-state index contributed by atoms with van der Waals surface area (Å²) in [5, 5.41) is 3.18. The molecular weight excluding hydrogens is 242 g/mol. The SMILES string of the molecule is Cc1ccc(NC(C)C(=O)N2CCOCC2)c(N)c1. The summed E-state index contributed by atoms with van der Waals surface area (Å²) in [6.07, 6.45) is 0. The average Bonchev–Trinajstić information content (AvgIpc) is 2.42. The number of nitrogens with one attached hydrogen (secondary N) is 1. The molecule has 1 fully saturated rings. The van der Waals surface area contributed by atoms with Crippen LogP contribution < -0.4 is 11.1 Å². The lowest BCUT2D eigenvalue weighted by Gasteiger charge is -2.30. The van der Waals surface area contributed by atoms with Crippen molar-refractivity contribution in [1.29, 1.82) is 0 Å². The second-order valence-corrected chi connectivity index (χ2v) is 4.89. The van der Waals surface area contributed by atoms with Crippen LogP contribution in [0, 0.1) is 6.92 Å². The Morgan fingerprint density at radius 2 is 2.11 bits per heavy atom. The summed E-state index contributed by atoms with van der Waals surface area (Å²) in [5.41, 5.74) is 8.52. The number of anilines is 2. The molecule has 1 aliphatic rings. The van der Waals surface area contributed by atoms with Gasteiger partial charge in [0.2, 0.25) is 5.91 Å². The molecule has 104 valence electrons. The summed E-state index contributed by atoms with van der Waals surface area (Å²) in [6, 6.07) is 5.50. The van der Waals surface area contributed by atoms with E-state index in [9.17, 15) is 4.79 Å². The van der Waals surface area contributed by atoms with Crippen LogP contribution in [0.5, 0.6) is 0 Å². The van der Waals surface area contributed by atoms with Crippen molar-refractivity contribution in [3.8, 4) is 0 Å². The van der Waals surface area contributed by atoms with Crippen LogP contribution in [0.25, 0.3) is 0 Å². The molecule has 1 unspecified atom stereocenters. The number of carbonyl (C=O) groups is 1. The third kappa shape index (κ3) is 3.38. The molecule has 1 aromatic carbocycles. The molecule has 1 saturated heterocycles. The van der Waals surface area contributed by atoms with Gasteiger partial charge in [-0.05, 0) is 31.5 Å². The number of amides is 1. The van der Waals surface area contributed by atoms with Gasteiger partial charge >= 0.3 is 0 Å². The van der Waals surface area contributed by atoms with Crippen molar-refractivity contribution in [3.05, 3.63) is 23.8 Å². The first-order valence-corrected chi connectivity index (χ1v) is 6.57. The van der Waals surface area contributed by atoms with Gasteiger partial charge in [-0.15, -0.1) is 0 Å². The second-order valence-electron chi connectivity index (χ2n) is 4.89. The molecule has 1 heterocycles. The fraction of sp³-hybridized carbons (Fsp3) is 0.500. The number of ether oxygens (including phenoxy) is 1. The van der Waals surface area contributed by atoms with Crippen molar-refractivity contribution in [2.75, 3.05) is 37.4 Å². The first-order chi connectivity index (χ1) is 9.08. The summed E-state index contributed by atoms with van der Waals surface area (Å²) in [5.74, 6) is 0.0864. The van der Waals surface area contributed by atoms with Gasteiger partial charge in [0.1, 0.15) is 6.04 Å². The van der Waals surface area contributed by atoms with Crippen LogP contribution in [0.4, 0.5) is 11.4 Å². The van der Waals surface area contributed by atoms with Crippen molar-refractivity contribution in [2.24, 2.45) is 0 Å². The molecule has 2 rings (SSSR count). The number of nitrogens with zero attached hydrogens (tertiary/aromatic N) is 1. The normalized spacial score (nSPS) is 17.1. The van der Waals surface area contributed by atoms with Gasteiger partial charge in [-0.25, -0.2) is 0 Å². The molecule has 1 aromatic rings. The third-order valence-electron chi connectivity index (χ3n) is 3.27. The minimum Gasteiger partial charge on any atom is -0.397 e. The van der Waals surface area contributed by atoms with E-state index in [1.165, 1.54) is 0 Å². The number of aryl methyl sites for hydroxylation is 1. The van der Waals surface area contributed by atoms with Crippen LogP contribution in [0.2, 0.25) is 0 Å². The summed E-state index contributed by atoms with van der Waals surface area (Å²) < 4.78 is 5.25. The van der Waals surface area contributed by atoms with E-state index in [0.29, 0.717) is 32.0 Å². The Bertz CT molecular complexity index is 456. The minimum absolute atomic E-state index is 0.0864. The Morgan fingerprint density at radius 3 is 2.74 bits per heavy atom. The van der Waals surface area contributed by atoms with E-state index in [-0.39, 0.29) is 11.9 Å². The van der Waals surface area contributed by atoms with Gasteiger partial charge in [0.05, 0.1) is 24.6 Å². The summed E-state index contributed by atoms with van der Waals surface area (Å²) in [7, 11) is 0. The van der Waals surface area contributed by atoms with Crippen LogP contribution in [0.3, 0.4) is 0 Å². The van der Waals surface area contributed by atoms with E-state index >= 15 is 0 Å². The maximum Gasteiger partial charge on any atom is 0.244 e. The molecule has 0 spiro atoms. The van der Waals surface area contributed by atoms with Gasteiger partial charge in [-0.1, -0.05) is 6.07 Å². The fourth-order valence-corrected chi connectivity index (χ4v) is 2.17. The summed E-state index contributed by atoms with van der Waals surface area (Å²) in [6.45, 7) is 6.40. The van der Waals surface area contributed by atoms with Crippen molar-refractivity contribution in [3.63, 3.8) is 0 Å². The minimum atomic E-state index is -0.289. The lowest BCUT2D eigenvalue weighted by Crippen LogP contribution is -2.47. The molecule has 5 nitrogen and oxygen atoms in total. The molecule has 3 N–H and O–H groups in total. The molecule has 0 saturated carbocycles. The molecule has 19 heavy (non-hydrogen) atoms. The van der Waals surface area contributed by atoms with Crippen LogP contribution in [-0.4, -0.2) is 43.2 Å². The largest absolute Gasteiger partial charge is 0.397 e. The Morgan fingerprint density at radius 1 is 1.42 bits per heavy atom. The van der Waals surface area contributed by atoms with Crippen molar-refractivity contribution in [1.82, 2.24) is 4.90 Å². The monoisotopic (exact) mass is 263 g/mol.